The van der Waals surface area contributed by atoms with E-state index < -0.39 is 0 Å². The van der Waals surface area contributed by atoms with E-state index in [4.69, 9.17) is 20.6 Å². The van der Waals surface area contributed by atoms with Crippen LogP contribution in [-0.4, -0.2) is 30.1 Å². The fourth-order valence-electron chi connectivity index (χ4n) is 1.59. The molecular weight excluding hydrogens is 206 g/mol. The highest BCUT2D eigenvalue weighted by molar-refractivity contribution is 5.97. The third kappa shape index (κ3) is 2.30. The van der Waals surface area contributed by atoms with E-state index in [1.165, 1.54) is 0 Å². The van der Waals surface area contributed by atoms with E-state index >= 15 is 0 Å². The molecule has 1 aliphatic rings. The summed E-state index contributed by atoms with van der Waals surface area (Å²) in [7, 11) is 0. The number of ether oxygens (including phenoxy) is 2. The van der Waals surface area contributed by atoms with Crippen LogP contribution in [0.1, 0.15) is 17.7 Å². The van der Waals surface area contributed by atoms with Gasteiger partial charge in [-0.2, -0.15) is 0 Å². The number of aromatic nitrogens is 1. The number of rotatable bonds is 3. The Morgan fingerprint density at radius 3 is 3.06 bits per heavy atom. The second-order valence-corrected chi connectivity index (χ2v) is 3.82. The SMILES string of the molecule is Cc1ccc(C(=N)N)c(OC2CCOC2)n1. The lowest BCUT2D eigenvalue weighted by atomic mass is 10.2. The Hall–Kier alpha value is -1.62. The average molecular weight is 221 g/mol. The molecule has 1 aromatic rings. The summed E-state index contributed by atoms with van der Waals surface area (Å²) < 4.78 is 10.9. The summed E-state index contributed by atoms with van der Waals surface area (Å²) in [6, 6.07) is 3.57. The van der Waals surface area contributed by atoms with Crippen LogP contribution in [0.15, 0.2) is 12.1 Å². The summed E-state index contributed by atoms with van der Waals surface area (Å²) in [5.74, 6) is 0.407. The maximum Gasteiger partial charge on any atom is 0.225 e. The molecule has 0 aromatic carbocycles. The fraction of sp³-hybridized carbons (Fsp3) is 0.455. The van der Waals surface area contributed by atoms with E-state index in [2.05, 4.69) is 4.98 Å². The fourth-order valence-corrected chi connectivity index (χ4v) is 1.59. The minimum atomic E-state index is -0.0265. The Balaban J connectivity index is 2.22. The van der Waals surface area contributed by atoms with Gasteiger partial charge in [0.2, 0.25) is 5.88 Å². The van der Waals surface area contributed by atoms with Gasteiger partial charge in [-0.15, -0.1) is 0 Å². The maximum absolute atomic E-state index is 7.45. The van der Waals surface area contributed by atoms with E-state index in [9.17, 15) is 0 Å². The van der Waals surface area contributed by atoms with Crippen molar-refractivity contribution < 1.29 is 9.47 Å². The first kappa shape index (κ1) is 10.9. The smallest absolute Gasteiger partial charge is 0.225 e. The number of nitrogens with one attached hydrogen (secondary N) is 1. The van der Waals surface area contributed by atoms with Crippen LogP contribution in [0.5, 0.6) is 5.88 Å². The standard InChI is InChI=1S/C11H15N3O2/c1-7-2-3-9(10(12)13)11(14-7)16-8-4-5-15-6-8/h2-3,8H,4-6H2,1H3,(H3,12,13). The predicted octanol–water partition coefficient (Wildman–Crippen LogP) is 0.842. The summed E-state index contributed by atoms with van der Waals surface area (Å²) in [5, 5.41) is 7.45. The molecule has 1 aliphatic heterocycles. The molecular formula is C11H15N3O2. The van der Waals surface area contributed by atoms with Crippen molar-refractivity contribution in [2.45, 2.75) is 19.4 Å². The second-order valence-electron chi connectivity index (χ2n) is 3.82. The van der Waals surface area contributed by atoms with Crippen LogP contribution in [0.25, 0.3) is 0 Å². The zero-order valence-corrected chi connectivity index (χ0v) is 9.19. The topological polar surface area (TPSA) is 81.2 Å². The van der Waals surface area contributed by atoms with Crippen molar-refractivity contribution in [2.24, 2.45) is 5.73 Å². The monoisotopic (exact) mass is 221 g/mol. The van der Waals surface area contributed by atoms with Crippen LogP contribution in [0.2, 0.25) is 0 Å². The van der Waals surface area contributed by atoms with E-state index in [0.717, 1.165) is 12.1 Å². The summed E-state index contributed by atoms with van der Waals surface area (Å²) >= 11 is 0. The number of aryl methyl sites for hydroxylation is 1. The number of nitrogens with zero attached hydrogens (tertiary/aromatic N) is 1. The third-order valence-electron chi connectivity index (χ3n) is 2.46. The Morgan fingerprint density at radius 2 is 2.44 bits per heavy atom. The molecule has 5 nitrogen and oxygen atoms in total. The molecule has 16 heavy (non-hydrogen) atoms. The van der Waals surface area contributed by atoms with Gasteiger partial charge in [0.05, 0.1) is 18.8 Å². The predicted molar refractivity (Wildman–Crippen MR) is 59.8 cm³/mol. The van der Waals surface area contributed by atoms with Crippen molar-refractivity contribution in [2.75, 3.05) is 13.2 Å². The summed E-state index contributed by atoms with van der Waals surface area (Å²) in [4.78, 5) is 4.26. The number of nitrogen functional groups attached to an aromatic ring is 1. The molecule has 0 amide bonds. The summed E-state index contributed by atoms with van der Waals surface area (Å²) in [6.45, 7) is 3.17. The van der Waals surface area contributed by atoms with Crippen LogP contribution in [0, 0.1) is 12.3 Å². The summed E-state index contributed by atoms with van der Waals surface area (Å²) in [6.07, 6.45) is 0.875. The van der Waals surface area contributed by atoms with Crippen molar-refractivity contribution in [3.63, 3.8) is 0 Å². The number of pyridine rings is 1. The number of hydrogen-bond acceptors (Lipinski definition) is 4. The average Bonchev–Trinajstić information content (AvgIpc) is 2.70. The van der Waals surface area contributed by atoms with Crippen molar-refractivity contribution in [3.8, 4) is 5.88 Å². The molecule has 2 rings (SSSR count). The van der Waals surface area contributed by atoms with Gasteiger partial charge in [-0.05, 0) is 19.1 Å². The van der Waals surface area contributed by atoms with Crippen molar-refractivity contribution in [1.82, 2.24) is 4.98 Å². The van der Waals surface area contributed by atoms with Gasteiger partial charge < -0.3 is 15.2 Å². The Bertz CT molecular complexity index is 400. The van der Waals surface area contributed by atoms with Gasteiger partial charge >= 0.3 is 0 Å². The molecule has 0 aliphatic carbocycles. The zero-order valence-electron chi connectivity index (χ0n) is 9.19. The van der Waals surface area contributed by atoms with Gasteiger partial charge in [-0.3, -0.25) is 5.41 Å². The summed E-state index contributed by atoms with van der Waals surface area (Å²) in [5.41, 5.74) is 6.86. The van der Waals surface area contributed by atoms with Crippen LogP contribution >= 0.6 is 0 Å². The molecule has 0 radical (unpaired) electrons. The molecule has 0 saturated carbocycles. The Morgan fingerprint density at radius 1 is 1.62 bits per heavy atom. The Kier molecular flexibility index (Phi) is 3.05. The van der Waals surface area contributed by atoms with E-state index in [-0.39, 0.29) is 11.9 Å². The molecule has 1 fully saturated rings. The molecule has 1 atom stereocenters. The first-order valence-corrected chi connectivity index (χ1v) is 5.23. The van der Waals surface area contributed by atoms with Gasteiger partial charge in [0.25, 0.3) is 0 Å². The van der Waals surface area contributed by atoms with Gasteiger partial charge in [0.1, 0.15) is 11.9 Å². The van der Waals surface area contributed by atoms with Crippen LogP contribution in [0.3, 0.4) is 0 Å². The minimum Gasteiger partial charge on any atom is -0.471 e. The van der Waals surface area contributed by atoms with E-state index in [0.29, 0.717) is 24.7 Å². The number of amidine groups is 1. The highest BCUT2D eigenvalue weighted by Gasteiger charge is 2.20. The molecule has 0 spiro atoms. The van der Waals surface area contributed by atoms with Gasteiger partial charge in [-0.25, -0.2) is 4.98 Å². The molecule has 1 saturated heterocycles. The highest BCUT2D eigenvalue weighted by atomic mass is 16.5. The third-order valence-corrected chi connectivity index (χ3v) is 2.46. The second kappa shape index (κ2) is 4.49. The molecule has 1 unspecified atom stereocenters. The number of nitrogens with two attached hydrogens (primary N) is 1. The molecule has 5 heteroatoms. The number of hydrogen-bond donors (Lipinski definition) is 2. The largest absolute Gasteiger partial charge is 0.471 e. The minimum absolute atomic E-state index is 0.0207. The molecule has 2 heterocycles. The normalized spacial score (nSPS) is 19.7. The molecule has 3 N–H and O–H groups in total. The lowest BCUT2D eigenvalue weighted by Gasteiger charge is -2.14. The first-order chi connectivity index (χ1) is 7.66. The molecule has 0 bridgehead atoms. The lowest BCUT2D eigenvalue weighted by molar-refractivity contribution is 0.138. The van der Waals surface area contributed by atoms with Crippen molar-refractivity contribution in [1.29, 1.82) is 5.41 Å². The van der Waals surface area contributed by atoms with E-state index in [1.54, 1.807) is 6.07 Å². The maximum atomic E-state index is 7.45. The first-order valence-electron chi connectivity index (χ1n) is 5.23. The van der Waals surface area contributed by atoms with Crippen LogP contribution in [0.4, 0.5) is 0 Å². The Labute approximate surface area is 94.1 Å². The zero-order chi connectivity index (χ0) is 11.5. The quantitative estimate of drug-likeness (QED) is 0.585. The van der Waals surface area contributed by atoms with Gasteiger partial charge in [0.15, 0.2) is 0 Å². The van der Waals surface area contributed by atoms with Gasteiger partial charge in [-0.1, -0.05) is 0 Å². The van der Waals surface area contributed by atoms with Crippen molar-refractivity contribution in [3.05, 3.63) is 23.4 Å². The van der Waals surface area contributed by atoms with Gasteiger partial charge in [0, 0.05) is 12.1 Å². The van der Waals surface area contributed by atoms with Crippen LogP contribution in [-0.2, 0) is 4.74 Å². The molecule has 1 aromatic heterocycles. The highest BCUT2D eigenvalue weighted by Crippen LogP contribution is 2.19. The molecule has 86 valence electrons. The van der Waals surface area contributed by atoms with Crippen molar-refractivity contribution >= 4 is 5.84 Å². The van der Waals surface area contributed by atoms with Crippen LogP contribution < -0.4 is 10.5 Å². The lowest BCUT2D eigenvalue weighted by Crippen LogP contribution is -2.20. The van der Waals surface area contributed by atoms with E-state index in [1.807, 2.05) is 13.0 Å².